The maximum Gasteiger partial charge on any atom is 0.191 e. The SMILES string of the molecule is CCOCCCNC(=NCc1ccc(OC)cc1)NCC(O)c1ccccc1C. The first-order valence-corrected chi connectivity index (χ1v) is 10.1. The molecule has 0 aliphatic rings. The molecule has 3 N–H and O–H groups in total. The van der Waals surface area contributed by atoms with Crippen LogP contribution in [0.4, 0.5) is 0 Å². The third-order valence-electron chi connectivity index (χ3n) is 4.55. The van der Waals surface area contributed by atoms with Crippen LogP contribution in [0.5, 0.6) is 5.75 Å². The molecule has 2 aromatic rings. The Balaban J connectivity index is 1.96. The molecule has 0 aliphatic carbocycles. The van der Waals surface area contributed by atoms with Crippen molar-refractivity contribution in [2.24, 2.45) is 4.99 Å². The van der Waals surface area contributed by atoms with E-state index in [1.807, 2.05) is 62.4 Å². The molecule has 0 amide bonds. The number of hydrogen-bond donors (Lipinski definition) is 3. The highest BCUT2D eigenvalue weighted by Crippen LogP contribution is 2.16. The average molecular weight is 400 g/mol. The number of methoxy groups -OCH3 is 1. The molecule has 6 nitrogen and oxygen atoms in total. The highest BCUT2D eigenvalue weighted by atomic mass is 16.5. The third kappa shape index (κ3) is 8.13. The van der Waals surface area contributed by atoms with Gasteiger partial charge in [0.25, 0.3) is 0 Å². The van der Waals surface area contributed by atoms with E-state index in [2.05, 4.69) is 15.6 Å². The number of aliphatic hydroxyl groups is 1. The third-order valence-corrected chi connectivity index (χ3v) is 4.55. The highest BCUT2D eigenvalue weighted by Gasteiger charge is 2.10. The number of guanidine groups is 1. The minimum atomic E-state index is -0.604. The van der Waals surface area contributed by atoms with Crippen molar-refractivity contribution < 1.29 is 14.6 Å². The molecule has 1 atom stereocenters. The molecule has 29 heavy (non-hydrogen) atoms. The van der Waals surface area contributed by atoms with Gasteiger partial charge >= 0.3 is 0 Å². The molecule has 2 aromatic carbocycles. The van der Waals surface area contributed by atoms with E-state index in [4.69, 9.17) is 9.47 Å². The number of ether oxygens (including phenoxy) is 2. The first-order valence-electron chi connectivity index (χ1n) is 10.1. The van der Waals surface area contributed by atoms with Gasteiger partial charge in [0.1, 0.15) is 5.75 Å². The summed E-state index contributed by atoms with van der Waals surface area (Å²) in [5.74, 6) is 1.50. The fraction of sp³-hybridized carbons (Fsp3) is 0.435. The predicted octanol–water partition coefficient (Wildman–Crippen LogP) is 3.20. The lowest BCUT2D eigenvalue weighted by Gasteiger charge is -2.17. The quantitative estimate of drug-likeness (QED) is 0.307. The zero-order valence-electron chi connectivity index (χ0n) is 17.6. The summed E-state index contributed by atoms with van der Waals surface area (Å²) in [7, 11) is 1.65. The van der Waals surface area contributed by atoms with Gasteiger partial charge in [0.05, 0.1) is 19.8 Å². The summed E-state index contributed by atoms with van der Waals surface area (Å²) in [6.07, 6.45) is 0.282. The van der Waals surface area contributed by atoms with Crippen LogP contribution in [0.2, 0.25) is 0 Å². The van der Waals surface area contributed by atoms with Crippen molar-refractivity contribution in [3.05, 3.63) is 65.2 Å². The summed E-state index contributed by atoms with van der Waals surface area (Å²) in [6, 6.07) is 15.7. The molecule has 158 valence electrons. The normalized spacial score (nSPS) is 12.5. The van der Waals surface area contributed by atoms with Crippen LogP contribution in [-0.4, -0.2) is 44.5 Å². The van der Waals surface area contributed by atoms with Crippen LogP contribution in [0, 0.1) is 6.92 Å². The van der Waals surface area contributed by atoms with Crippen LogP contribution in [0.3, 0.4) is 0 Å². The van der Waals surface area contributed by atoms with Crippen LogP contribution in [0.25, 0.3) is 0 Å². The molecule has 6 heteroatoms. The second-order valence-electron chi connectivity index (χ2n) is 6.74. The fourth-order valence-electron chi connectivity index (χ4n) is 2.86. The van der Waals surface area contributed by atoms with Crippen LogP contribution >= 0.6 is 0 Å². The number of aliphatic imine (C=N–C) groups is 1. The van der Waals surface area contributed by atoms with Gasteiger partial charge in [-0.2, -0.15) is 0 Å². The van der Waals surface area contributed by atoms with Crippen molar-refractivity contribution in [2.75, 3.05) is 33.4 Å². The van der Waals surface area contributed by atoms with Gasteiger partial charge in [-0.3, -0.25) is 0 Å². The number of aryl methyl sites for hydroxylation is 1. The Labute approximate surface area is 174 Å². The number of benzene rings is 2. The van der Waals surface area contributed by atoms with E-state index >= 15 is 0 Å². The minimum Gasteiger partial charge on any atom is -0.497 e. The molecular weight excluding hydrogens is 366 g/mol. The molecule has 2 rings (SSSR count). The highest BCUT2D eigenvalue weighted by molar-refractivity contribution is 5.79. The van der Waals surface area contributed by atoms with Crippen molar-refractivity contribution in [1.82, 2.24) is 10.6 Å². The maximum atomic E-state index is 10.6. The lowest BCUT2D eigenvalue weighted by atomic mass is 10.0. The van der Waals surface area contributed by atoms with E-state index in [0.717, 1.165) is 42.0 Å². The van der Waals surface area contributed by atoms with Crippen LogP contribution in [0.1, 0.15) is 36.1 Å². The van der Waals surface area contributed by atoms with Crippen molar-refractivity contribution in [3.8, 4) is 5.75 Å². The first kappa shape index (κ1) is 22.7. The van der Waals surface area contributed by atoms with Gasteiger partial charge in [0, 0.05) is 26.3 Å². The Morgan fingerprint density at radius 2 is 1.86 bits per heavy atom. The zero-order chi connectivity index (χ0) is 20.9. The second-order valence-corrected chi connectivity index (χ2v) is 6.74. The van der Waals surface area contributed by atoms with Gasteiger partial charge in [-0.15, -0.1) is 0 Å². The molecule has 0 saturated carbocycles. The number of nitrogens with one attached hydrogen (secondary N) is 2. The second kappa shape index (κ2) is 12.8. The Kier molecular flexibility index (Phi) is 10.0. The van der Waals surface area contributed by atoms with E-state index in [0.29, 0.717) is 25.7 Å². The van der Waals surface area contributed by atoms with Crippen LogP contribution in [0.15, 0.2) is 53.5 Å². The summed E-state index contributed by atoms with van der Waals surface area (Å²) >= 11 is 0. The fourth-order valence-corrected chi connectivity index (χ4v) is 2.86. The molecule has 0 spiro atoms. The van der Waals surface area contributed by atoms with E-state index in [1.54, 1.807) is 7.11 Å². The monoisotopic (exact) mass is 399 g/mol. The van der Waals surface area contributed by atoms with Gasteiger partial charge in [0.2, 0.25) is 0 Å². The lowest BCUT2D eigenvalue weighted by molar-refractivity contribution is 0.145. The topological polar surface area (TPSA) is 75.1 Å². The summed E-state index contributed by atoms with van der Waals surface area (Å²) in [4.78, 5) is 4.66. The molecule has 0 bridgehead atoms. The van der Waals surface area contributed by atoms with Crippen molar-refractivity contribution >= 4 is 5.96 Å². The van der Waals surface area contributed by atoms with Gasteiger partial charge < -0.3 is 25.2 Å². The van der Waals surface area contributed by atoms with E-state index in [9.17, 15) is 5.11 Å². The first-order chi connectivity index (χ1) is 14.1. The number of hydrogen-bond acceptors (Lipinski definition) is 4. The zero-order valence-corrected chi connectivity index (χ0v) is 17.6. The molecule has 0 aromatic heterocycles. The Morgan fingerprint density at radius 3 is 2.55 bits per heavy atom. The molecule has 0 fully saturated rings. The summed E-state index contributed by atoms with van der Waals surface area (Å²) in [5.41, 5.74) is 3.08. The average Bonchev–Trinajstić information content (AvgIpc) is 2.75. The Bertz CT molecular complexity index is 747. The standard InChI is InChI=1S/C23H33N3O3/c1-4-29-15-7-14-24-23(25-16-19-10-12-20(28-3)13-11-19)26-17-22(27)21-9-6-5-8-18(21)2/h5-6,8-13,22,27H,4,7,14-17H2,1-3H3,(H2,24,25,26). The van der Waals surface area contributed by atoms with Crippen molar-refractivity contribution in [3.63, 3.8) is 0 Å². The summed E-state index contributed by atoms with van der Waals surface area (Å²) in [6.45, 7) is 7.08. The van der Waals surface area contributed by atoms with Gasteiger partial charge in [-0.05, 0) is 49.1 Å². The van der Waals surface area contributed by atoms with Gasteiger partial charge in [-0.1, -0.05) is 36.4 Å². The lowest BCUT2D eigenvalue weighted by Crippen LogP contribution is -2.40. The molecular formula is C23H33N3O3. The predicted molar refractivity (Wildman–Crippen MR) is 117 cm³/mol. The molecule has 1 unspecified atom stereocenters. The number of nitrogens with zero attached hydrogens (tertiary/aromatic N) is 1. The number of aliphatic hydroxyl groups excluding tert-OH is 1. The molecule has 0 heterocycles. The van der Waals surface area contributed by atoms with Crippen molar-refractivity contribution in [2.45, 2.75) is 32.9 Å². The van der Waals surface area contributed by atoms with Crippen LogP contribution in [-0.2, 0) is 11.3 Å². The molecule has 0 saturated heterocycles. The van der Waals surface area contributed by atoms with E-state index in [-0.39, 0.29) is 0 Å². The van der Waals surface area contributed by atoms with Crippen molar-refractivity contribution in [1.29, 1.82) is 0 Å². The molecule has 0 radical (unpaired) electrons. The van der Waals surface area contributed by atoms with Gasteiger partial charge in [-0.25, -0.2) is 4.99 Å². The minimum absolute atomic E-state index is 0.380. The smallest absolute Gasteiger partial charge is 0.191 e. The molecule has 0 aliphatic heterocycles. The summed E-state index contributed by atoms with van der Waals surface area (Å²) in [5, 5.41) is 17.1. The largest absolute Gasteiger partial charge is 0.497 e. The summed E-state index contributed by atoms with van der Waals surface area (Å²) < 4.78 is 10.6. The van der Waals surface area contributed by atoms with Crippen LogP contribution < -0.4 is 15.4 Å². The Morgan fingerprint density at radius 1 is 1.10 bits per heavy atom. The van der Waals surface area contributed by atoms with Gasteiger partial charge in [0.15, 0.2) is 5.96 Å². The Hall–Kier alpha value is -2.57. The number of rotatable bonds is 11. The van der Waals surface area contributed by atoms with E-state index < -0.39 is 6.10 Å². The van der Waals surface area contributed by atoms with E-state index in [1.165, 1.54) is 0 Å². The maximum absolute atomic E-state index is 10.6.